The molecule has 0 spiro atoms. The summed E-state index contributed by atoms with van der Waals surface area (Å²) in [6, 6.07) is 8.47. The Labute approximate surface area is 247 Å². The molecule has 1 saturated carbocycles. The van der Waals surface area contributed by atoms with E-state index in [1.54, 1.807) is 19.5 Å². The summed E-state index contributed by atoms with van der Waals surface area (Å²) < 4.78 is 31.4. The molecule has 1 aliphatic heterocycles. The third-order valence-electron chi connectivity index (χ3n) is 8.71. The summed E-state index contributed by atoms with van der Waals surface area (Å²) >= 11 is 0. The molecule has 1 aliphatic carbocycles. The number of sulfone groups is 1. The number of rotatable bonds is 8. The van der Waals surface area contributed by atoms with Crippen molar-refractivity contribution in [3.8, 4) is 22.8 Å². The highest BCUT2D eigenvalue weighted by Crippen LogP contribution is 2.36. The number of fused-ring (bicyclic) bond motifs is 1. The van der Waals surface area contributed by atoms with Crippen LogP contribution in [0.5, 0.6) is 5.75 Å². The molecule has 0 radical (unpaired) electrons. The van der Waals surface area contributed by atoms with E-state index in [9.17, 15) is 8.42 Å². The molecule has 1 saturated heterocycles. The van der Waals surface area contributed by atoms with E-state index in [4.69, 9.17) is 19.8 Å². The van der Waals surface area contributed by atoms with Crippen LogP contribution >= 0.6 is 0 Å². The van der Waals surface area contributed by atoms with Gasteiger partial charge in [0.05, 0.1) is 35.8 Å². The van der Waals surface area contributed by atoms with Gasteiger partial charge in [-0.25, -0.2) is 18.1 Å². The van der Waals surface area contributed by atoms with E-state index in [2.05, 4.69) is 34.3 Å². The molecule has 2 atom stereocenters. The fourth-order valence-electron chi connectivity index (χ4n) is 6.34. The van der Waals surface area contributed by atoms with Crippen molar-refractivity contribution in [2.45, 2.75) is 64.5 Å². The maximum Gasteiger partial charge on any atom is 0.158 e. The van der Waals surface area contributed by atoms with Crippen LogP contribution in [0.25, 0.3) is 28.0 Å². The van der Waals surface area contributed by atoms with Crippen LogP contribution in [-0.4, -0.2) is 70.9 Å². The molecule has 0 unspecified atom stereocenters. The second-order valence-electron chi connectivity index (χ2n) is 11.8. The number of nitrogens with one attached hydrogen (secondary N) is 1. The second kappa shape index (κ2) is 11.5. The first-order valence-corrected chi connectivity index (χ1v) is 16.8. The van der Waals surface area contributed by atoms with Crippen molar-refractivity contribution in [2.75, 3.05) is 35.9 Å². The molecule has 2 aliphatic rings. The topological polar surface area (TPSA) is 115 Å². The zero-order valence-electron chi connectivity index (χ0n) is 24.7. The Hall–Kier alpha value is -3.73. The lowest BCUT2D eigenvalue weighted by atomic mass is 9.91. The van der Waals surface area contributed by atoms with Gasteiger partial charge in [-0.05, 0) is 38.8 Å². The molecule has 222 valence electrons. The van der Waals surface area contributed by atoms with Crippen molar-refractivity contribution in [1.29, 1.82) is 0 Å². The summed E-state index contributed by atoms with van der Waals surface area (Å²) in [5.74, 6) is 2.52. The minimum Gasteiger partial charge on any atom is -0.496 e. The van der Waals surface area contributed by atoms with Gasteiger partial charge < -0.3 is 15.0 Å². The van der Waals surface area contributed by atoms with Crippen molar-refractivity contribution in [2.24, 2.45) is 5.92 Å². The van der Waals surface area contributed by atoms with Crippen LogP contribution in [0.4, 0.5) is 11.5 Å². The molecule has 0 aromatic carbocycles. The van der Waals surface area contributed by atoms with Gasteiger partial charge in [-0.1, -0.05) is 25.7 Å². The number of aromatic nitrogens is 5. The van der Waals surface area contributed by atoms with Crippen LogP contribution in [0.1, 0.15) is 51.1 Å². The third kappa shape index (κ3) is 5.79. The number of anilines is 2. The van der Waals surface area contributed by atoms with Gasteiger partial charge in [-0.3, -0.25) is 9.97 Å². The molecule has 1 N–H and O–H groups in total. The summed E-state index contributed by atoms with van der Waals surface area (Å²) in [7, 11) is -1.40. The Morgan fingerprint density at radius 3 is 2.57 bits per heavy atom. The predicted octanol–water partition coefficient (Wildman–Crippen LogP) is 5.20. The predicted molar refractivity (Wildman–Crippen MR) is 166 cm³/mol. The highest BCUT2D eigenvalue weighted by atomic mass is 32.2. The number of pyridine rings is 3. The lowest BCUT2D eigenvalue weighted by molar-refractivity contribution is 0.341. The molecule has 5 heterocycles. The van der Waals surface area contributed by atoms with Gasteiger partial charge in [0.1, 0.15) is 21.4 Å². The maximum absolute atomic E-state index is 12.0. The normalized spacial score (nSPS) is 19.9. The first kappa shape index (κ1) is 28.4. The maximum atomic E-state index is 12.0. The van der Waals surface area contributed by atoms with E-state index in [1.165, 1.54) is 31.9 Å². The summed E-state index contributed by atoms with van der Waals surface area (Å²) in [5, 5.41) is 9.45. The monoisotopic (exact) mass is 589 g/mol. The Bertz CT molecular complexity index is 1700. The largest absolute Gasteiger partial charge is 0.496 e. The summed E-state index contributed by atoms with van der Waals surface area (Å²) in [6.45, 7) is 4.77. The standard InChI is InChI=1S/C31H39N7O3S/c1-20-25-17-33-38(28(25)15-27(34-20)26-16-32-12-11-29(26)41-3)31-14-24(37-18-22(21(37)2)19-42(4,39)40)13-30(36-31)35-23-9-7-5-6-8-10-23/h11-17,21-23H,5-10,18-19H2,1-4H3,(H,35,36)/t21-,22-/m1/s1. The molecule has 4 aromatic rings. The van der Waals surface area contributed by atoms with Crippen molar-refractivity contribution in [3.05, 3.63) is 48.5 Å². The second-order valence-corrected chi connectivity index (χ2v) is 14.0. The van der Waals surface area contributed by atoms with Gasteiger partial charge in [-0.15, -0.1) is 0 Å². The van der Waals surface area contributed by atoms with Crippen LogP contribution in [0, 0.1) is 12.8 Å². The van der Waals surface area contributed by atoms with Gasteiger partial charge in [0.15, 0.2) is 5.82 Å². The van der Waals surface area contributed by atoms with E-state index in [1.807, 2.05) is 29.9 Å². The lowest BCUT2D eigenvalue weighted by Crippen LogP contribution is -2.57. The summed E-state index contributed by atoms with van der Waals surface area (Å²) in [6.07, 6.45) is 13.9. The molecule has 0 amide bonds. The van der Waals surface area contributed by atoms with Crippen LogP contribution < -0.4 is 15.0 Å². The fraction of sp³-hybridized carbons (Fsp3) is 0.484. The van der Waals surface area contributed by atoms with E-state index >= 15 is 0 Å². The molecular formula is C31H39N7O3S. The summed E-state index contributed by atoms with van der Waals surface area (Å²) in [4.78, 5) is 16.5. The van der Waals surface area contributed by atoms with Gasteiger partial charge in [0.2, 0.25) is 0 Å². The number of nitrogens with zero attached hydrogens (tertiary/aromatic N) is 6. The molecule has 4 aromatic heterocycles. The van der Waals surface area contributed by atoms with Gasteiger partial charge in [-0.2, -0.15) is 5.10 Å². The van der Waals surface area contributed by atoms with Crippen molar-refractivity contribution >= 4 is 32.2 Å². The van der Waals surface area contributed by atoms with Gasteiger partial charge >= 0.3 is 0 Å². The summed E-state index contributed by atoms with van der Waals surface area (Å²) in [5.41, 5.74) is 4.31. The fourth-order valence-corrected chi connectivity index (χ4v) is 7.50. The number of aryl methyl sites for hydroxylation is 1. The molecule has 6 rings (SSSR count). The Balaban J connectivity index is 1.42. The average molecular weight is 590 g/mol. The van der Waals surface area contributed by atoms with E-state index in [-0.39, 0.29) is 17.7 Å². The van der Waals surface area contributed by atoms with Crippen LogP contribution in [0.15, 0.2) is 42.9 Å². The number of hydrogen-bond acceptors (Lipinski definition) is 9. The molecule has 10 nitrogen and oxygen atoms in total. The molecular weight excluding hydrogens is 550 g/mol. The first-order chi connectivity index (χ1) is 20.2. The SMILES string of the molecule is COc1ccncc1-c1cc2c(cnn2-c2cc(N3C[C@H](CS(C)(=O)=O)[C@H]3C)cc(NC3CCCCCC3)n2)c(C)n1. The lowest BCUT2D eigenvalue weighted by Gasteiger charge is -2.48. The smallest absolute Gasteiger partial charge is 0.158 e. The first-order valence-electron chi connectivity index (χ1n) is 14.8. The van der Waals surface area contributed by atoms with E-state index < -0.39 is 9.84 Å². The van der Waals surface area contributed by atoms with Gasteiger partial charge in [0.25, 0.3) is 0 Å². The zero-order valence-corrected chi connectivity index (χ0v) is 25.6. The number of ether oxygens (including phenoxy) is 1. The highest BCUT2D eigenvalue weighted by Gasteiger charge is 2.38. The molecule has 11 heteroatoms. The minimum atomic E-state index is -3.04. The van der Waals surface area contributed by atoms with Crippen LogP contribution in [0.2, 0.25) is 0 Å². The van der Waals surface area contributed by atoms with Gasteiger partial charge in [0, 0.05) is 72.1 Å². The Morgan fingerprint density at radius 2 is 1.86 bits per heavy atom. The minimum absolute atomic E-state index is 0.103. The molecule has 0 bridgehead atoms. The number of methoxy groups -OCH3 is 1. The van der Waals surface area contributed by atoms with Crippen molar-refractivity contribution < 1.29 is 13.2 Å². The van der Waals surface area contributed by atoms with Crippen molar-refractivity contribution in [1.82, 2.24) is 24.7 Å². The average Bonchev–Trinajstić information content (AvgIpc) is 3.24. The van der Waals surface area contributed by atoms with E-state index in [0.29, 0.717) is 24.2 Å². The van der Waals surface area contributed by atoms with Crippen LogP contribution in [0.3, 0.4) is 0 Å². The molecule has 42 heavy (non-hydrogen) atoms. The third-order valence-corrected chi connectivity index (χ3v) is 9.74. The Morgan fingerprint density at radius 1 is 1.07 bits per heavy atom. The highest BCUT2D eigenvalue weighted by molar-refractivity contribution is 7.90. The van der Waals surface area contributed by atoms with Crippen molar-refractivity contribution in [3.63, 3.8) is 0 Å². The molecule has 2 fully saturated rings. The quantitative estimate of drug-likeness (QED) is 0.277. The zero-order chi connectivity index (χ0) is 29.4. The number of hydrogen-bond donors (Lipinski definition) is 1. The van der Waals surface area contributed by atoms with E-state index in [0.717, 1.165) is 52.2 Å². The van der Waals surface area contributed by atoms with Crippen LogP contribution in [-0.2, 0) is 9.84 Å². The Kier molecular flexibility index (Phi) is 7.78.